The normalized spacial score (nSPS) is 22.0. The maximum Gasteiger partial charge on any atom is 0.253 e. The summed E-state index contributed by atoms with van der Waals surface area (Å²) in [6, 6.07) is 13.3. The number of nitrogens with one attached hydrogen (secondary N) is 1. The molecule has 1 amide bonds. The highest BCUT2D eigenvalue weighted by Crippen LogP contribution is 2.35. The maximum atomic E-state index is 13.0. The first kappa shape index (κ1) is 14.5. The van der Waals surface area contributed by atoms with Gasteiger partial charge in [0.05, 0.1) is 0 Å². The van der Waals surface area contributed by atoms with Crippen molar-refractivity contribution >= 4 is 16.8 Å². The molecule has 25 heavy (non-hydrogen) atoms. The van der Waals surface area contributed by atoms with Crippen LogP contribution >= 0.6 is 0 Å². The van der Waals surface area contributed by atoms with Crippen LogP contribution in [0.4, 0.5) is 0 Å². The molecule has 1 aromatic carbocycles. The van der Waals surface area contributed by atoms with Gasteiger partial charge in [-0.2, -0.15) is 0 Å². The lowest BCUT2D eigenvalue weighted by atomic mass is 9.83. The molecular formula is C20H19N3O2. The molecule has 0 saturated carbocycles. The molecule has 5 heteroatoms. The standard InChI is InChI=1S/C20H19N3O2/c24-19-3-1-2-18-16-8-13(11-23(18)19)10-22(12-16)20(25)15-4-5-17-14(9-15)6-7-21-17/h1-7,9,13,16,21H,8,10-12H2/t13-,16+/m0/s1. The Hall–Kier alpha value is -2.82. The molecule has 1 N–H and O–H groups in total. The number of piperidine rings is 1. The average Bonchev–Trinajstić information content (AvgIpc) is 3.09. The molecule has 126 valence electrons. The van der Waals surface area contributed by atoms with E-state index in [9.17, 15) is 9.59 Å². The number of likely N-dealkylation sites (tertiary alicyclic amines) is 1. The maximum absolute atomic E-state index is 13.0. The molecule has 0 unspecified atom stereocenters. The minimum atomic E-state index is 0.0740. The molecular weight excluding hydrogens is 314 g/mol. The largest absolute Gasteiger partial charge is 0.361 e. The van der Waals surface area contributed by atoms with Crippen molar-refractivity contribution < 1.29 is 4.79 Å². The Bertz CT molecular complexity index is 1030. The average molecular weight is 333 g/mol. The van der Waals surface area contributed by atoms with E-state index in [2.05, 4.69) is 4.98 Å². The third kappa shape index (κ3) is 2.30. The first-order valence-corrected chi connectivity index (χ1v) is 8.75. The first-order chi connectivity index (χ1) is 12.2. The Balaban J connectivity index is 1.46. The summed E-state index contributed by atoms with van der Waals surface area (Å²) in [7, 11) is 0. The van der Waals surface area contributed by atoms with Crippen LogP contribution < -0.4 is 5.56 Å². The molecule has 2 atom stereocenters. The van der Waals surface area contributed by atoms with Crippen molar-refractivity contribution in [2.75, 3.05) is 13.1 Å². The van der Waals surface area contributed by atoms with Crippen molar-refractivity contribution in [2.24, 2.45) is 5.92 Å². The van der Waals surface area contributed by atoms with E-state index in [-0.39, 0.29) is 17.4 Å². The van der Waals surface area contributed by atoms with Gasteiger partial charge in [0, 0.05) is 60.0 Å². The van der Waals surface area contributed by atoms with Crippen molar-refractivity contribution in [3.8, 4) is 0 Å². The summed E-state index contributed by atoms with van der Waals surface area (Å²) < 4.78 is 1.90. The van der Waals surface area contributed by atoms with E-state index in [1.165, 1.54) is 0 Å². The Labute approximate surface area is 144 Å². The van der Waals surface area contributed by atoms with Crippen LogP contribution in [0.2, 0.25) is 0 Å². The van der Waals surface area contributed by atoms with Crippen molar-refractivity contribution in [2.45, 2.75) is 18.9 Å². The molecule has 2 bridgehead atoms. The van der Waals surface area contributed by atoms with Crippen molar-refractivity contribution in [3.05, 3.63) is 70.3 Å². The van der Waals surface area contributed by atoms with Crippen LogP contribution in [0.15, 0.2) is 53.5 Å². The van der Waals surface area contributed by atoms with Crippen LogP contribution in [0.25, 0.3) is 10.9 Å². The van der Waals surface area contributed by atoms with Gasteiger partial charge in [-0.15, -0.1) is 0 Å². The van der Waals surface area contributed by atoms with Gasteiger partial charge in [0.15, 0.2) is 0 Å². The van der Waals surface area contributed by atoms with Crippen LogP contribution in [0, 0.1) is 5.92 Å². The van der Waals surface area contributed by atoms with E-state index in [1.807, 2.05) is 52.1 Å². The highest BCUT2D eigenvalue weighted by Gasteiger charge is 2.36. The van der Waals surface area contributed by atoms with Gasteiger partial charge in [0.1, 0.15) is 0 Å². The molecule has 5 rings (SSSR count). The third-order valence-electron chi connectivity index (χ3n) is 5.57. The summed E-state index contributed by atoms with van der Waals surface area (Å²) in [5.74, 6) is 0.692. The number of carbonyl (C=O) groups excluding carboxylic acids is 1. The lowest BCUT2D eigenvalue weighted by molar-refractivity contribution is 0.0594. The number of fused-ring (bicyclic) bond motifs is 5. The summed E-state index contributed by atoms with van der Waals surface area (Å²) in [6.07, 6.45) is 2.95. The van der Waals surface area contributed by atoms with Crippen LogP contribution in [0.5, 0.6) is 0 Å². The highest BCUT2D eigenvalue weighted by molar-refractivity contribution is 5.98. The number of H-pyrrole nitrogens is 1. The summed E-state index contributed by atoms with van der Waals surface area (Å²) in [4.78, 5) is 30.3. The fraction of sp³-hybridized carbons (Fsp3) is 0.300. The van der Waals surface area contributed by atoms with E-state index in [4.69, 9.17) is 0 Å². The molecule has 3 aromatic rings. The predicted molar refractivity (Wildman–Crippen MR) is 95.8 cm³/mol. The third-order valence-corrected chi connectivity index (χ3v) is 5.57. The Morgan fingerprint density at radius 1 is 1.08 bits per heavy atom. The van der Waals surface area contributed by atoms with Crippen LogP contribution in [0.1, 0.15) is 28.4 Å². The Kier molecular flexibility index (Phi) is 3.10. The smallest absolute Gasteiger partial charge is 0.253 e. The van der Waals surface area contributed by atoms with Gasteiger partial charge in [0.25, 0.3) is 11.5 Å². The van der Waals surface area contributed by atoms with Crippen LogP contribution in [0.3, 0.4) is 0 Å². The number of pyridine rings is 1. The lowest BCUT2D eigenvalue weighted by Crippen LogP contribution is -2.49. The molecule has 2 aromatic heterocycles. The molecule has 0 spiro atoms. The number of hydrogen-bond donors (Lipinski definition) is 1. The Morgan fingerprint density at radius 3 is 2.92 bits per heavy atom. The number of rotatable bonds is 1. The van der Waals surface area contributed by atoms with E-state index in [1.54, 1.807) is 6.07 Å². The molecule has 1 saturated heterocycles. The molecule has 2 aliphatic heterocycles. The SMILES string of the molecule is O=C(c1ccc2[nH]ccc2c1)N1C[C@@H]2C[C@H](C1)c1cccc(=O)n1C2. The number of carbonyl (C=O) groups is 1. The van der Waals surface area contributed by atoms with E-state index in [0.717, 1.165) is 35.1 Å². The fourth-order valence-electron chi connectivity index (χ4n) is 4.43. The van der Waals surface area contributed by atoms with E-state index < -0.39 is 0 Å². The van der Waals surface area contributed by atoms with E-state index >= 15 is 0 Å². The molecule has 2 aliphatic rings. The summed E-state index contributed by atoms with van der Waals surface area (Å²) in [5, 5.41) is 1.06. The second-order valence-electron chi connectivity index (χ2n) is 7.19. The first-order valence-electron chi connectivity index (χ1n) is 8.75. The number of amides is 1. The number of benzene rings is 1. The zero-order chi connectivity index (χ0) is 17.0. The molecule has 4 heterocycles. The van der Waals surface area contributed by atoms with Gasteiger partial charge < -0.3 is 14.5 Å². The van der Waals surface area contributed by atoms with E-state index in [0.29, 0.717) is 19.0 Å². The monoisotopic (exact) mass is 333 g/mol. The second-order valence-corrected chi connectivity index (χ2v) is 7.19. The molecule has 5 nitrogen and oxygen atoms in total. The topological polar surface area (TPSA) is 58.1 Å². The minimum Gasteiger partial charge on any atom is -0.361 e. The minimum absolute atomic E-state index is 0.0740. The number of hydrogen-bond acceptors (Lipinski definition) is 2. The van der Waals surface area contributed by atoms with Gasteiger partial charge >= 0.3 is 0 Å². The number of aromatic nitrogens is 2. The van der Waals surface area contributed by atoms with Gasteiger partial charge in [0.2, 0.25) is 0 Å². The molecule has 0 radical (unpaired) electrons. The van der Waals surface area contributed by atoms with Crippen molar-refractivity contribution in [1.29, 1.82) is 0 Å². The van der Waals surface area contributed by atoms with Gasteiger partial charge in [-0.1, -0.05) is 6.07 Å². The van der Waals surface area contributed by atoms with Crippen LogP contribution in [-0.4, -0.2) is 33.4 Å². The van der Waals surface area contributed by atoms with Gasteiger partial charge in [-0.05, 0) is 42.7 Å². The molecule has 0 aliphatic carbocycles. The van der Waals surface area contributed by atoms with Crippen molar-refractivity contribution in [1.82, 2.24) is 14.5 Å². The van der Waals surface area contributed by atoms with Gasteiger partial charge in [-0.25, -0.2) is 0 Å². The number of nitrogens with zero attached hydrogens (tertiary/aromatic N) is 2. The summed E-state index contributed by atoms with van der Waals surface area (Å²) >= 11 is 0. The zero-order valence-corrected chi connectivity index (χ0v) is 13.8. The second kappa shape index (κ2) is 5.34. The molecule has 1 fully saturated rings. The van der Waals surface area contributed by atoms with Gasteiger partial charge in [-0.3, -0.25) is 9.59 Å². The fourth-order valence-corrected chi connectivity index (χ4v) is 4.43. The predicted octanol–water partition coefficient (Wildman–Crippen LogP) is 2.59. The number of aromatic amines is 1. The zero-order valence-electron chi connectivity index (χ0n) is 13.8. The lowest BCUT2D eigenvalue weighted by Gasteiger charge is -2.42. The summed E-state index contributed by atoms with van der Waals surface area (Å²) in [6.45, 7) is 2.12. The van der Waals surface area contributed by atoms with Crippen LogP contribution in [-0.2, 0) is 6.54 Å². The quantitative estimate of drug-likeness (QED) is 0.744. The van der Waals surface area contributed by atoms with Crippen molar-refractivity contribution in [3.63, 3.8) is 0 Å². The summed E-state index contributed by atoms with van der Waals surface area (Å²) in [5.41, 5.74) is 2.92. The highest BCUT2D eigenvalue weighted by atomic mass is 16.2. The Morgan fingerprint density at radius 2 is 2.00 bits per heavy atom.